The fraction of sp³-hybridized carbons (Fsp3) is 0.333. The van der Waals surface area contributed by atoms with Crippen LogP contribution >= 0.6 is 0 Å². The van der Waals surface area contributed by atoms with E-state index in [9.17, 15) is 26.0 Å². The van der Waals surface area contributed by atoms with Crippen molar-refractivity contribution in [1.82, 2.24) is 14.9 Å². The van der Waals surface area contributed by atoms with E-state index in [1.54, 1.807) is 7.05 Å². The van der Waals surface area contributed by atoms with Gasteiger partial charge in [0.15, 0.2) is 5.03 Å². The van der Waals surface area contributed by atoms with Crippen molar-refractivity contribution in [1.29, 1.82) is 0 Å². The van der Waals surface area contributed by atoms with E-state index in [0.717, 1.165) is 31.9 Å². The fourth-order valence-corrected chi connectivity index (χ4v) is 5.20. The minimum absolute atomic E-state index is 0.169. The molecule has 0 atom stereocenters. The zero-order valence-corrected chi connectivity index (χ0v) is 20.2. The van der Waals surface area contributed by atoms with Gasteiger partial charge in [-0.25, -0.2) is 9.97 Å². The topological polar surface area (TPSA) is 78.4 Å². The zero-order valence-electron chi connectivity index (χ0n) is 19.4. The molecule has 3 aromatic rings. The lowest BCUT2D eigenvalue weighted by Gasteiger charge is -2.38. The molecular formula is C24H25F4N5O2S. The number of anilines is 2. The summed E-state index contributed by atoms with van der Waals surface area (Å²) in [6.45, 7) is 2.21. The number of halogens is 4. The van der Waals surface area contributed by atoms with Gasteiger partial charge in [0.1, 0.15) is 5.82 Å². The third-order valence-corrected chi connectivity index (χ3v) is 7.38. The van der Waals surface area contributed by atoms with Gasteiger partial charge in [-0.1, -0.05) is 36.4 Å². The lowest BCUT2D eigenvalue weighted by molar-refractivity contribution is -0.137. The number of pyridine rings is 2. The molecule has 1 aliphatic heterocycles. The number of alkyl halides is 3. The molecule has 36 heavy (non-hydrogen) atoms. The molecule has 0 unspecified atom stereocenters. The van der Waals surface area contributed by atoms with Gasteiger partial charge in [0.2, 0.25) is 5.95 Å². The number of rotatable bonds is 7. The average molecular weight is 524 g/mol. The maximum absolute atomic E-state index is 14.0. The minimum atomic E-state index is -4.82. The van der Waals surface area contributed by atoms with E-state index in [1.807, 2.05) is 35.1 Å². The summed E-state index contributed by atoms with van der Waals surface area (Å²) < 4.78 is 82.5. The van der Waals surface area contributed by atoms with Crippen molar-refractivity contribution in [3.05, 3.63) is 77.9 Å². The molecule has 0 aliphatic carbocycles. The molecular weight excluding hydrogens is 498 g/mol. The second-order valence-electron chi connectivity index (χ2n) is 8.59. The number of aromatic nitrogens is 2. The van der Waals surface area contributed by atoms with Crippen molar-refractivity contribution in [3.8, 4) is 0 Å². The van der Waals surface area contributed by atoms with Crippen LogP contribution in [0.1, 0.15) is 24.0 Å². The average Bonchev–Trinajstić information content (AvgIpc) is 2.83. The molecule has 7 nitrogen and oxygen atoms in total. The first kappa shape index (κ1) is 25.8. The Kier molecular flexibility index (Phi) is 7.46. The van der Waals surface area contributed by atoms with E-state index in [4.69, 9.17) is 0 Å². The summed E-state index contributed by atoms with van der Waals surface area (Å²) in [5.74, 6) is -1.31. The highest BCUT2D eigenvalue weighted by Gasteiger charge is 2.38. The van der Waals surface area contributed by atoms with Crippen LogP contribution in [0.2, 0.25) is 0 Å². The summed E-state index contributed by atoms with van der Waals surface area (Å²) in [4.78, 5) is 11.0. The Bertz CT molecular complexity index is 1300. The van der Waals surface area contributed by atoms with Gasteiger partial charge in [-0.2, -0.15) is 26.0 Å². The van der Waals surface area contributed by atoms with Crippen LogP contribution in [0.25, 0.3) is 0 Å². The van der Waals surface area contributed by atoms with Gasteiger partial charge in [0, 0.05) is 32.7 Å². The highest BCUT2D eigenvalue weighted by molar-refractivity contribution is 7.92. The summed E-state index contributed by atoms with van der Waals surface area (Å²) in [5.41, 5.74) is -0.141. The summed E-state index contributed by atoms with van der Waals surface area (Å²) >= 11 is 0. The first-order chi connectivity index (χ1) is 17.0. The number of likely N-dealkylation sites (tertiary alicyclic amines) is 1. The molecule has 3 heterocycles. The molecule has 1 aliphatic rings. The summed E-state index contributed by atoms with van der Waals surface area (Å²) in [6, 6.07) is 13.7. The van der Waals surface area contributed by atoms with Gasteiger partial charge in [-0.05, 0) is 36.6 Å². The Labute approximate surface area is 206 Å². The van der Waals surface area contributed by atoms with Crippen molar-refractivity contribution in [2.75, 3.05) is 29.8 Å². The molecule has 2 aromatic heterocycles. The van der Waals surface area contributed by atoms with Gasteiger partial charge in [0.25, 0.3) is 10.0 Å². The first-order valence-electron chi connectivity index (χ1n) is 11.2. The van der Waals surface area contributed by atoms with Crippen LogP contribution in [0.3, 0.4) is 0 Å². The molecule has 1 N–H and O–H groups in total. The first-order valence-corrected chi connectivity index (χ1v) is 12.7. The standard InChI is InChI=1S/C24H25F4N5O2S/c1-32(18-10-12-33(13-11-18)16-17-6-3-2-4-7-17)20-15-29-23(14-19(20)24(26,27)28)36(34,35)31-22-9-5-8-21(25)30-22/h2-9,14-15,18H,10-13,16H2,1H3,(H,30,31). The van der Waals surface area contributed by atoms with Gasteiger partial charge < -0.3 is 4.90 Å². The number of hydrogen-bond acceptors (Lipinski definition) is 6. The molecule has 0 radical (unpaired) electrons. The summed E-state index contributed by atoms with van der Waals surface area (Å²) in [7, 11) is -2.97. The van der Waals surface area contributed by atoms with Crippen LogP contribution in [0.4, 0.5) is 29.1 Å². The molecule has 192 valence electrons. The van der Waals surface area contributed by atoms with Crippen LogP contribution in [-0.4, -0.2) is 49.5 Å². The fourth-order valence-electron chi connectivity index (χ4n) is 4.24. The van der Waals surface area contributed by atoms with Crippen LogP contribution in [-0.2, 0) is 22.7 Å². The Balaban J connectivity index is 1.52. The Morgan fingerprint density at radius 3 is 2.42 bits per heavy atom. The van der Waals surface area contributed by atoms with Gasteiger partial charge >= 0.3 is 6.18 Å². The molecule has 0 spiro atoms. The van der Waals surface area contributed by atoms with Gasteiger partial charge in [-0.3, -0.25) is 9.62 Å². The lowest BCUT2D eigenvalue weighted by atomic mass is 10.0. The minimum Gasteiger partial charge on any atom is -0.370 e. The van der Waals surface area contributed by atoms with E-state index >= 15 is 0 Å². The van der Waals surface area contributed by atoms with Crippen molar-refractivity contribution in [3.63, 3.8) is 0 Å². The molecule has 0 bridgehead atoms. The normalized spacial score (nSPS) is 15.6. The second-order valence-corrected chi connectivity index (χ2v) is 10.2. The van der Waals surface area contributed by atoms with Crippen molar-refractivity contribution >= 4 is 21.5 Å². The molecule has 0 amide bonds. The van der Waals surface area contributed by atoms with E-state index < -0.39 is 32.7 Å². The molecule has 1 fully saturated rings. The monoisotopic (exact) mass is 523 g/mol. The largest absolute Gasteiger partial charge is 0.418 e. The number of benzene rings is 1. The van der Waals surface area contributed by atoms with Crippen LogP contribution in [0.15, 0.2) is 65.8 Å². The molecule has 1 saturated heterocycles. The second kappa shape index (κ2) is 10.4. The summed E-state index contributed by atoms with van der Waals surface area (Å²) in [5, 5.41) is -0.837. The summed E-state index contributed by atoms with van der Waals surface area (Å²) in [6.07, 6.45) is -2.60. The van der Waals surface area contributed by atoms with Crippen LogP contribution in [0, 0.1) is 5.95 Å². The Hall–Kier alpha value is -3.25. The zero-order chi connectivity index (χ0) is 25.9. The number of hydrogen-bond donors (Lipinski definition) is 1. The molecule has 4 rings (SSSR count). The number of nitrogens with zero attached hydrogens (tertiary/aromatic N) is 4. The third-order valence-electron chi connectivity index (χ3n) is 6.13. The van der Waals surface area contributed by atoms with Crippen molar-refractivity contribution < 1.29 is 26.0 Å². The van der Waals surface area contributed by atoms with E-state index in [2.05, 4.69) is 14.9 Å². The Morgan fingerprint density at radius 2 is 1.78 bits per heavy atom. The maximum atomic E-state index is 14.0. The quantitative estimate of drug-likeness (QED) is 0.362. The molecule has 1 aromatic carbocycles. The highest BCUT2D eigenvalue weighted by Crippen LogP contribution is 2.38. The lowest BCUT2D eigenvalue weighted by Crippen LogP contribution is -2.43. The van der Waals surface area contributed by atoms with Gasteiger partial charge in [-0.15, -0.1) is 0 Å². The predicted molar refractivity (Wildman–Crippen MR) is 127 cm³/mol. The van der Waals surface area contributed by atoms with Crippen molar-refractivity contribution in [2.45, 2.75) is 36.6 Å². The third kappa shape index (κ3) is 6.11. The highest BCUT2D eigenvalue weighted by atomic mass is 32.2. The number of sulfonamides is 1. The van der Waals surface area contributed by atoms with Crippen molar-refractivity contribution in [2.24, 2.45) is 0 Å². The number of nitrogens with one attached hydrogen (secondary N) is 1. The van der Waals surface area contributed by atoms with Crippen LogP contribution < -0.4 is 9.62 Å². The van der Waals surface area contributed by atoms with E-state index in [-0.39, 0.29) is 17.5 Å². The maximum Gasteiger partial charge on any atom is 0.418 e. The van der Waals surface area contributed by atoms with E-state index in [0.29, 0.717) is 18.9 Å². The van der Waals surface area contributed by atoms with Crippen LogP contribution in [0.5, 0.6) is 0 Å². The SMILES string of the molecule is CN(c1cnc(S(=O)(=O)Nc2cccc(F)n2)cc1C(F)(F)F)C1CCN(Cc2ccccc2)CC1. The van der Waals surface area contributed by atoms with Gasteiger partial charge in [0.05, 0.1) is 17.4 Å². The number of piperidine rings is 1. The smallest absolute Gasteiger partial charge is 0.370 e. The Morgan fingerprint density at radius 1 is 1.08 bits per heavy atom. The predicted octanol–water partition coefficient (Wildman–Crippen LogP) is 4.54. The molecule has 0 saturated carbocycles. The molecule has 12 heteroatoms. The van der Waals surface area contributed by atoms with E-state index in [1.165, 1.54) is 22.6 Å².